The van der Waals surface area contributed by atoms with Crippen LogP contribution in [0.3, 0.4) is 0 Å². The van der Waals surface area contributed by atoms with E-state index in [1.54, 1.807) is 12.3 Å². The lowest BCUT2D eigenvalue weighted by molar-refractivity contribution is 0.0904. The summed E-state index contributed by atoms with van der Waals surface area (Å²) in [6, 6.07) is 1.73. The summed E-state index contributed by atoms with van der Waals surface area (Å²) in [5.41, 5.74) is 0.299. The average Bonchev–Trinajstić information content (AvgIpc) is 3.02. The van der Waals surface area contributed by atoms with Crippen molar-refractivity contribution in [2.24, 2.45) is 5.92 Å². The number of piperidine rings is 1. The molecular weight excluding hydrogens is 289 g/mol. The summed E-state index contributed by atoms with van der Waals surface area (Å²) in [6.07, 6.45) is 3.85. The van der Waals surface area contributed by atoms with Crippen LogP contribution in [0.4, 0.5) is 4.39 Å². The first-order valence-corrected chi connectivity index (χ1v) is 8.13. The average molecular weight is 305 g/mol. The van der Waals surface area contributed by atoms with Crippen molar-refractivity contribution in [2.75, 3.05) is 19.6 Å². The molecule has 0 spiro atoms. The largest absolute Gasteiger partial charge is 0.347 e. The number of fused-ring (bicyclic) bond motifs is 3. The van der Waals surface area contributed by atoms with Gasteiger partial charge in [-0.15, -0.1) is 11.3 Å². The number of nitrogens with zero attached hydrogens (tertiary/aromatic N) is 2. The van der Waals surface area contributed by atoms with E-state index < -0.39 is 0 Å². The highest BCUT2D eigenvalue weighted by molar-refractivity contribution is 7.17. The smallest absolute Gasteiger partial charge is 0.270 e. The SMILES string of the molecule is O=C(N[C@@H]1C[C@@H]2CCN(C2)C1)c1cc2c(F)csc2cn1. The van der Waals surface area contributed by atoms with Crippen molar-refractivity contribution >= 4 is 27.3 Å². The second-order valence-corrected chi connectivity index (χ2v) is 6.88. The Labute approximate surface area is 126 Å². The highest BCUT2D eigenvalue weighted by atomic mass is 32.1. The van der Waals surface area contributed by atoms with E-state index >= 15 is 0 Å². The van der Waals surface area contributed by atoms with Crippen molar-refractivity contribution < 1.29 is 9.18 Å². The van der Waals surface area contributed by atoms with Gasteiger partial charge >= 0.3 is 0 Å². The van der Waals surface area contributed by atoms with Crippen LogP contribution in [0, 0.1) is 11.7 Å². The van der Waals surface area contributed by atoms with Gasteiger partial charge in [0.25, 0.3) is 5.91 Å². The second-order valence-electron chi connectivity index (χ2n) is 5.97. The van der Waals surface area contributed by atoms with Crippen LogP contribution in [0.25, 0.3) is 10.1 Å². The first-order chi connectivity index (χ1) is 10.2. The van der Waals surface area contributed by atoms with Gasteiger partial charge < -0.3 is 10.2 Å². The number of halogens is 1. The van der Waals surface area contributed by atoms with E-state index in [9.17, 15) is 9.18 Å². The number of nitrogens with one attached hydrogen (secondary N) is 1. The van der Waals surface area contributed by atoms with E-state index in [-0.39, 0.29) is 17.8 Å². The van der Waals surface area contributed by atoms with Crippen molar-refractivity contribution in [1.29, 1.82) is 0 Å². The maximum atomic E-state index is 13.6. The van der Waals surface area contributed by atoms with Crippen LogP contribution in [0.2, 0.25) is 0 Å². The number of hydrogen-bond acceptors (Lipinski definition) is 4. The van der Waals surface area contributed by atoms with Crippen molar-refractivity contribution in [2.45, 2.75) is 18.9 Å². The zero-order chi connectivity index (χ0) is 14.4. The summed E-state index contributed by atoms with van der Waals surface area (Å²) in [7, 11) is 0. The molecule has 2 fully saturated rings. The minimum atomic E-state index is -0.284. The highest BCUT2D eigenvalue weighted by Gasteiger charge is 2.33. The van der Waals surface area contributed by atoms with Gasteiger partial charge in [0, 0.05) is 36.1 Å². The van der Waals surface area contributed by atoms with Gasteiger partial charge in [-0.2, -0.15) is 0 Å². The Morgan fingerprint density at radius 2 is 2.38 bits per heavy atom. The standard InChI is InChI=1S/C15H16FN3OS/c16-12-8-21-14-5-17-13(4-11(12)14)15(20)18-10-3-9-1-2-19(6-9)7-10/h4-5,8-10H,1-3,6-7H2,(H,18,20)/t9-,10+/m0/s1. The van der Waals surface area contributed by atoms with Gasteiger partial charge in [0.05, 0.1) is 4.70 Å². The fourth-order valence-electron chi connectivity index (χ4n) is 3.45. The minimum Gasteiger partial charge on any atom is -0.347 e. The quantitative estimate of drug-likeness (QED) is 0.925. The van der Waals surface area contributed by atoms with Crippen LogP contribution in [0.15, 0.2) is 17.6 Å². The number of amides is 1. The number of pyridine rings is 1. The van der Waals surface area contributed by atoms with Gasteiger partial charge in [-0.1, -0.05) is 0 Å². The molecule has 2 saturated heterocycles. The summed E-state index contributed by atoms with van der Waals surface area (Å²) in [5.74, 6) is 0.220. The summed E-state index contributed by atoms with van der Waals surface area (Å²) in [6.45, 7) is 3.22. The number of carbonyl (C=O) groups excluding carboxylic acids is 1. The zero-order valence-corrected chi connectivity index (χ0v) is 12.3. The highest BCUT2D eigenvalue weighted by Crippen LogP contribution is 2.27. The molecule has 2 bridgehead atoms. The van der Waals surface area contributed by atoms with Crippen LogP contribution in [0.1, 0.15) is 23.3 Å². The fourth-order valence-corrected chi connectivity index (χ4v) is 4.20. The Bertz CT molecular complexity index is 689. The lowest BCUT2D eigenvalue weighted by atomic mass is 9.97. The fraction of sp³-hybridized carbons (Fsp3) is 0.467. The maximum absolute atomic E-state index is 13.6. The first-order valence-electron chi connectivity index (χ1n) is 7.25. The predicted molar refractivity (Wildman–Crippen MR) is 80.0 cm³/mol. The van der Waals surface area contributed by atoms with Gasteiger partial charge in [0.15, 0.2) is 0 Å². The van der Waals surface area contributed by atoms with Gasteiger partial charge in [-0.05, 0) is 31.4 Å². The molecule has 2 aromatic rings. The molecule has 4 heterocycles. The van der Waals surface area contributed by atoms with Gasteiger partial charge in [0.2, 0.25) is 0 Å². The molecule has 1 amide bonds. The van der Waals surface area contributed by atoms with Crippen molar-refractivity contribution in [3.63, 3.8) is 0 Å². The van der Waals surface area contributed by atoms with Crippen molar-refractivity contribution in [3.05, 3.63) is 29.2 Å². The number of carbonyl (C=O) groups is 1. The van der Waals surface area contributed by atoms with Crippen LogP contribution in [-0.4, -0.2) is 41.5 Å². The van der Waals surface area contributed by atoms with Crippen molar-refractivity contribution in [3.8, 4) is 0 Å². The first kappa shape index (κ1) is 13.2. The molecule has 2 aromatic heterocycles. The van der Waals surface area contributed by atoms with Gasteiger partial charge in [0.1, 0.15) is 11.5 Å². The van der Waals surface area contributed by atoms with E-state index in [1.165, 1.54) is 23.1 Å². The molecular formula is C15H16FN3OS. The van der Waals surface area contributed by atoms with Crippen LogP contribution >= 0.6 is 11.3 Å². The van der Waals surface area contributed by atoms with Crippen molar-refractivity contribution in [1.82, 2.24) is 15.2 Å². The van der Waals surface area contributed by atoms with Crippen LogP contribution in [0.5, 0.6) is 0 Å². The number of aromatic nitrogens is 1. The molecule has 4 rings (SSSR count). The lowest BCUT2D eigenvalue weighted by Gasteiger charge is -2.30. The molecule has 0 saturated carbocycles. The Balaban J connectivity index is 1.52. The molecule has 110 valence electrons. The van der Waals surface area contributed by atoms with Crippen LogP contribution in [-0.2, 0) is 0 Å². The molecule has 21 heavy (non-hydrogen) atoms. The summed E-state index contributed by atoms with van der Waals surface area (Å²) in [5, 5.41) is 4.97. The molecule has 0 aromatic carbocycles. The third-order valence-electron chi connectivity index (χ3n) is 4.45. The molecule has 4 nitrogen and oxygen atoms in total. The maximum Gasteiger partial charge on any atom is 0.270 e. The molecule has 0 aliphatic carbocycles. The van der Waals surface area contributed by atoms with E-state index in [4.69, 9.17) is 0 Å². The Kier molecular flexibility index (Phi) is 3.15. The summed E-state index contributed by atoms with van der Waals surface area (Å²) < 4.78 is 14.4. The third kappa shape index (κ3) is 2.42. The van der Waals surface area contributed by atoms with Gasteiger partial charge in [-0.3, -0.25) is 4.79 Å². The summed E-state index contributed by atoms with van der Waals surface area (Å²) in [4.78, 5) is 18.9. The predicted octanol–water partition coefficient (Wildman–Crippen LogP) is 2.26. The molecule has 2 aliphatic rings. The third-order valence-corrected chi connectivity index (χ3v) is 5.35. The van der Waals surface area contributed by atoms with Gasteiger partial charge in [-0.25, -0.2) is 9.37 Å². The minimum absolute atomic E-state index is 0.184. The number of thiophene rings is 1. The molecule has 1 unspecified atom stereocenters. The monoisotopic (exact) mass is 305 g/mol. The van der Waals surface area contributed by atoms with E-state index in [1.807, 2.05) is 0 Å². The zero-order valence-electron chi connectivity index (χ0n) is 11.5. The molecule has 3 atom stereocenters. The number of hydrogen-bond donors (Lipinski definition) is 1. The topological polar surface area (TPSA) is 45.2 Å². The molecule has 6 heteroatoms. The summed E-state index contributed by atoms with van der Waals surface area (Å²) >= 11 is 1.30. The normalized spacial score (nSPS) is 28.0. The Morgan fingerprint density at radius 3 is 3.24 bits per heavy atom. The molecule has 1 N–H and O–H groups in total. The number of rotatable bonds is 2. The molecule has 2 aliphatic heterocycles. The Hall–Kier alpha value is -1.53. The van der Waals surface area contributed by atoms with E-state index in [0.717, 1.165) is 30.8 Å². The molecule has 0 radical (unpaired) electrons. The van der Waals surface area contributed by atoms with E-state index in [2.05, 4.69) is 15.2 Å². The van der Waals surface area contributed by atoms with E-state index in [0.29, 0.717) is 17.0 Å². The second kappa shape index (κ2) is 5.03. The lowest BCUT2D eigenvalue weighted by Crippen LogP contribution is -2.47. The Morgan fingerprint density at radius 1 is 1.48 bits per heavy atom. The van der Waals surface area contributed by atoms with Crippen LogP contribution < -0.4 is 5.32 Å².